The lowest BCUT2D eigenvalue weighted by molar-refractivity contribution is -0.136. The molecule has 5 amide bonds. The van der Waals surface area contributed by atoms with Crippen LogP contribution in [0.1, 0.15) is 70.0 Å². The first-order chi connectivity index (χ1) is 29.6. The molecule has 2 heterocycles. The van der Waals surface area contributed by atoms with E-state index in [0.717, 1.165) is 39.2 Å². The Hall–Kier alpha value is -6.55. The number of phenolic OH excluding ortho intramolecular Hbond substituents is 2. The summed E-state index contributed by atoms with van der Waals surface area (Å²) in [5.41, 5.74) is 5.85. The average molecular weight is 835 g/mol. The predicted octanol–water partition coefficient (Wildman–Crippen LogP) is 4.92. The molecular weight excluding hydrogens is 785 g/mol. The summed E-state index contributed by atoms with van der Waals surface area (Å²) in [6.07, 6.45) is 1.07. The van der Waals surface area contributed by atoms with Gasteiger partial charge < -0.3 is 39.8 Å². The van der Waals surface area contributed by atoms with Crippen LogP contribution in [0, 0.1) is 0 Å². The number of piperidine rings is 1. The molecule has 2 aliphatic heterocycles. The van der Waals surface area contributed by atoms with E-state index in [-0.39, 0.29) is 61.0 Å². The molecule has 6 rings (SSSR count). The van der Waals surface area contributed by atoms with E-state index in [1.54, 1.807) is 36.4 Å². The maximum atomic E-state index is 13.2. The third-order valence-corrected chi connectivity index (χ3v) is 10.1. The van der Waals surface area contributed by atoms with Crippen molar-refractivity contribution in [1.82, 2.24) is 15.5 Å². The van der Waals surface area contributed by atoms with Crippen molar-refractivity contribution < 1.29 is 53.1 Å². The van der Waals surface area contributed by atoms with Crippen molar-refractivity contribution in [3.63, 3.8) is 0 Å². The molecule has 0 radical (unpaired) electrons. The van der Waals surface area contributed by atoms with Crippen molar-refractivity contribution in [2.24, 2.45) is 0 Å². The molecule has 1 fully saturated rings. The number of amides is 5. The fourth-order valence-electron chi connectivity index (χ4n) is 7.12. The van der Waals surface area contributed by atoms with Gasteiger partial charge in [-0.25, -0.2) is 0 Å². The number of ether oxygens (including phenoxy) is 4. The van der Waals surface area contributed by atoms with Gasteiger partial charge in [-0.1, -0.05) is 49.4 Å². The molecule has 0 aliphatic carbocycles. The molecule has 15 heteroatoms. The number of allylic oxidation sites excluding steroid dienone is 1. The minimum Gasteiger partial charge on any atom is -0.508 e. The van der Waals surface area contributed by atoms with Gasteiger partial charge in [-0.3, -0.25) is 34.2 Å². The number of imide groups is 2. The topological polar surface area (TPSA) is 202 Å². The van der Waals surface area contributed by atoms with Crippen molar-refractivity contribution in [2.75, 3.05) is 64.7 Å². The normalized spacial score (nSPS) is 15.3. The number of hydrogen-bond donors (Lipinski definition) is 5. The van der Waals surface area contributed by atoms with Crippen LogP contribution in [0.25, 0.3) is 11.1 Å². The van der Waals surface area contributed by atoms with Crippen molar-refractivity contribution in [3.8, 4) is 17.2 Å². The van der Waals surface area contributed by atoms with Gasteiger partial charge in [-0.05, 0) is 89.2 Å². The van der Waals surface area contributed by atoms with Crippen LogP contribution in [0.2, 0.25) is 0 Å². The highest BCUT2D eigenvalue weighted by Gasteiger charge is 2.45. The highest BCUT2D eigenvalue weighted by atomic mass is 16.5. The molecule has 61 heavy (non-hydrogen) atoms. The highest BCUT2D eigenvalue weighted by molar-refractivity contribution is 6.25. The van der Waals surface area contributed by atoms with Crippen molar-refractivity contribution in [2.45, 2.75) is 38.6 Å². The van der Waals surface area contributed by atoms with Gasteiger partial charge in [0.05, 0.1) is 57.3 Å². The maximum absolute atomic E-state index is 13.2. The fourth-order valence-corrected chi connectivity index (χ4v) is 7.12. The van der Waals surface area contributed by atoms with E-state index < -0.39 is 29.7 Å². The minimum atomic E-state index is -1.03. The van der Waals surface area contributed by atoms with Gasteiger partial charge in [-0.15, -0.1) is 0 Å². The first-order valence-corrected chi connectivity index (χ1v) is 20.3. The van der Waals surface area contributed by atoms with Crippen LogP contribution in [0.5, 0.6) is 17.2 Å². The summed E-state index contributed by atoms with van der Waals surface area (Å²) in [5.74, 6) is -1.35. The van der Waals surface area contributed by atoms with Crippen molar-refractivity contribution >= 4 is 46.4 Å². The second kappa shape index (κ2) is 21.6. The van der Waals surface area contributed by atoms with Crippen LogP contribution in [0.4, 0.5) is 5.69 Å². The molecule has 4 aromatic rings. The quantitative estimate of drug-likeness (QED) is 0.0408. The Kier molecular flexibility index (Phi) is 15.6. The van der Waals surface area contributed by atoms with E-state index in [0.29, 0.717) is 57.6 Å². The van der Waals surface area contributed by atoms with Crippen LogP contribution in [0.3, 0.4) is 0 Å². The molecular formula is C46H50N4O11. The summed E-state index contributed by atoms with van der Waals surface area (Å²) in [7, 11) is 0. The number of phenols is 2. The van der Waals surface area contributed by atoms with Crippen LogP contribution >= 0.6 is 0 Å². The van der Waals surface area contributed by atoms with Crippen molar-refractivity contribution in [1.29, 1.82) is 0 Å². The van der Waals surface area contributed by atoms with Gasteiger partial charge in [-0.2, -0.15) is 0 Å². The molecule has 0 spiro atoms. The zero-order valence-electron chi connectivity index (χ0n) is 33.9. The molecule has 1 saturated heterocycles. The zero-order chi connectivity index (χ0) is 43.1. The number of nitrogens with zero attached hydrogens (tertiary/aromatic N) is 1. The Balaban J connectivity index is 0.816. The summed E-state index contributed by atoms with van der Waals surface area (Å²) in [6, 6.07) is 25.8. The highest BCUT2D eigenvalue weighted by Crippen LogP contribution is 2.36. The van der Waals surface area contributed by atoms with E-state index in [2.05, 4.69) is 22.9 Å². The Morgan fingerprint density at radius 3 is 1.97 bits per heavy atom. The molecule has 5 N–H and O–H groups in total. The number of rotatable bonds is 22. The molecule has 1 atom stereocenters. The number of hydrogen-bond acceptors (Lipinski definition) is 12. The predicted molar refractivity (Wildman–Crippen MR) is 226 cm³/mol. The third-order valence-electron chi connectivity index (χ3n) is 10.1. The van der Waals surface area contributed by atoms with Crippen molar-refractivity contribution in [3.05, 3.63) is 119 Å². The van der Waals surface area contributed by atoms with Gasteiger partial charge >= 0.3 is 0 Å². The average Bonchev–Trinajstić information content (AvgIpc) is 3.51. The molecule has 0 saturated carbocycles. The van der Waals surface area contributed by atoms with Crippen LogP contribution in [-0.2, 0) is 28.6 Å². The lowest BCUT2D eigenvalue weighted by atomic mass is 9.88. The van der Waals surface area contributed by atoms with Gasteiger partial charge in [0.15, 0.2) is 0 Å². The SMILES string of the molecule is CCC(=C(c1ccc(O)cc1)c1ccc(OCCNC(=O)CCOCCOCCOCCNc2cccc3c2C(=O)N(C2CCC(=O)NC2=O)C3=O)cc1)c1ccc(O)cc1. The Bertz CT molecular complexity index is 2210. The smallest absolute Gasteiger partial charge is 0.264 e. The summed E-state index contributed by atoms with van der Waals surface area (Å²) in [6.45, 7) is 4.88. The summed E-state index contributed by atoms with van der Waals surface area (Å²) in [4.78, 5) is 63.3. The molecule has 1 unspecified atom stereocenters. The molecule has 320 valence electrons. The minimum absolute atomic E-state index is 0.0513. The van der Waals surface area contributed by atoms with E-state index in [1.807, 2.05) is 48.5 Å². The second-order valence-corrected chi connectivity index (χ2v) is 14.2. The van der Waals surface area contributed by atoms with Crippen LogP contribution in [0.15, 0.2) is 91.0 Å². The Morgan fingerprint density at radius 1 is 0.721 bits per heavy atom. The van der Waals surface area contributed by atoms with Gasteiger partial charge in [0.2, 0.25) is 17.7 Å². The number of anilines is 1. The number of nitrogens with one attached hydrogen (secondary N) is 3. The second-order valence-electron chi connectivity index (χ2n) is 14.2. The van der Waals surface area contributed by atoms with Gasteiger partial charge in [0.1, 0.15) is 29.9 Å². The van der Waals surface area contributed by atoms with Gasteiger partial charge in [0.25, 0.3) is 11.8 Å². The molecule has 15 nitrogen and oxygen atoms in total. The number of fused-ring (bicyclic) bond motifs is 1. The van der Waals surface area contributed by atoms with Gasteiger partial charge in [0, 0.05) is 25.1 Å². The lowest BCUT2D eigenvalue weighted by Gasteiger charge is -2.27. The largest absolute Gasteiger partial charge is 0.508 e. The van der Waals surface area contributed by atoms with E-state index in [9.17, 15) is 34.2 Å². The first kappa shape index (κ1) is 44.0. The zero-order valence-corrected chi connectivity index (χ0v) is 33.9. The molecule has 4 aromatic carbocycles. The van der Waals surface area contributed by atoms with Crippen LogP contribution in [-0.4, -0.2) is 110 Å². The fraction of sp³-hybridized carbons (Fsp3) is 0.326. The number of carbonyl (C=O) groups is 5. The summed E-state index contributed by atoms with van der Waals surface area (Å²) >= 11 is 0. The summed E-state index contributed by atoms with van der Waals surface area (Å²) in [5, 5.41) is 27.9. The molecule has 2 aliphatic rings. The van der Waals surface area contributed by atoms with E-state index in [1.165, 1.54) is 6.07 Å². The van der Waals surface area contributed by atoms with Crippen LogP contribution < -0.4 is 20.7 Å². The molecule has 0 bridgehead atoms. The first-order valence-electron chi connectivity index (χ1n) is 20.3. The number of aromatic hydroxyl groups is 2. The van der Waals surface area contributed by atoms with E-state index in [4.69, 9.17) is 18.9 Å². The standard InChI is InChI=1S/C46H50N4O11/c1-2-36(30-6-12-33(51)13-7-30)42(31-8-14-34(52)15-9-31)32-10-16-35(17-11-32)61-25-22-48-40(53)20-23-58-26-28-60-29-27-59-24-21-47-38-5-3-4-37-43(38)46(57)50(45(37)56)39-18-19-41(54)49-44(39)55/h3-17,39,47,51-52H,2,18-29H2,1H3,(H,48,53)(H,49,54,55). The molecule has 0 aromatic heterocycles. The lowest BCUT2D eigenvalue weighted by Crippen LogP contribution is -2.54. The Labute approximate surface area is 353 Å². The summed E-state index contributed by atoms with van der Waals surface area (Å²) < 4.78 is 22.6. The number of carbonyl (C=O) groups excluding carboxylic acids is 5. The monoisotopic (exact) mass is 834 g/mol. The maximum Gasteiger partial charge on any atom is 0.264 e. The Morgan fingerprint density at radius 2 is 1.33 bits per heavy atom. The third kappa shape index (κ3) is 11.6. The number of benzene rings is 4. The van der Waals surface area contributed by atoms with E-state index >= 15 is 0 Å².